The summed E-state index contributed by atoms with van der Waals surface area (Å²) in [5, 5.41) is 5.72. The number of nitrogens with zero attached hydrogens (tertiary/aromatic N) is 2. The van der Waals surface area contributed by atoms with Gasteiger partial charge in [-0.05, 0) is 56.8 Å². The van der Waals surface area contributed by atoms with Gasteiger partial charge < -0.3 is 15.1 Å². The molecule has 2 fully saturated rings. The number of hydrogen-bond acceptors (Lipinski definition) is 5. The van der Waals surface area contributed by atoms with Crippen molar-refractivity contribution in [3.8, 4) is 0 Å². The minimum Gasteiger partial charge on any atom is -0.468 e. The largest absolute Gasteiger partial charge is 0.468 e. The van der Waals surface area contributed by atoms with Crippen molar-refractivity contribution in [2.75, 3.05) is 27.2 Å². The van der Waals surface area contributed by atoms with Crippen LogP contribution in [0.1, 0.15) is 51.8 Å². The molecule has 0 aromatic carbocycles. The molecule has 0 bridgehead atoms. The molecule has 1 aliphatic carbocycles. The fourth-order valence-electron chi connectivity index (χ4n) is 5.08. The van der Waals surface area contributed by atoms with Crippen LogP contribution in [0, 0.1) is 11.3 Å². The Bertz CT molecular complexity index is 774. The molecule has 160 valence electrons. The van der Waals surface area contributed by atoms with Crippen molar-refractivity contribution < 1.29 is 18.8 Å². The average Bonchev–Trinajstić information content (AvgIpc) is 3.17. The van der Waals surface area contributed by atoms with E-state index in [1.807, 2.05) is 25.1 Å². The lowest BCUT2D eigenvalue weighted by Crippen LogP contribution is -2.54. The molecule has 1 aromatic heterocycles. The van der Waals surface area contributed by atoms with E-state index in [9.17, 15) is 14.4 Å². The summed E-state index contributed by atoms with van der Waals surface area (Å²) in [6.07, 6.45) is 3.80. The van der Waals surface area contributed by atoms with E-state index >= 15 is 0 Å². The van der Waals surface area contributed by atoms with Gasteiger partial charge >= 0.3 is 6.03 Å². The van der Waals surface area contributed by atoms with Gasteiger partial charge in [0.2, 0.25) is 5.91 Å². The molecule has 3 rings (SSSR count). The van der Waals surface area contributed by atoms with Gasteiger partial charge in [0.05, 0.1) is 12.3 Å². The SMILES string of the molecule is CC1CC(C)(C)CC2(C1)NC(=O)N(CC(=O)NCC(c1ccco1)N(C)C)C2=O. The molecule has 3 atom stereocenters. The number of carbonyl (C=O) groups excluding carboxylic acids is 3. The first-order valence-electron chi connectivity index (χ1n) is 10.1. The van der Waals surface area contributed by atoms with Crippen LogP contribution in [0.5, 0.6) is 0 Å². The summed E-state index contributed by atoms with van der Waals surface area (Å²) in [5.41, 5.74) is -0.931. The smallest absolute Gasteiger partial charge is 0.325 e. The van der Waals surface area contributed by atoms with Crippen LogP contribution in [0.3, 0.4) is 0 Å². The van der Waals surface area contributed by atoms with Crippen LogP contribution in [-0.2, 0) is 9.59 Å². The maximum Gasteiger partial charge on any atom is 0.325 e. The normalized spacial score (nSPS) is 27.4. The molecule has 1 spiro atoms. The Kier molecular flexibility index (Phi) is 5.76. The Morgan fingerprint density at radius 2 is 2.10 bits per heavy atom. The van der Waals surface area contributed by atoms with E-state index < -0.39 is 11.6 Å². The molecule has 8 nitrogen and oxygen atoms in total. The van der Waals surface area contributed by atoms with Gasteiger partial charge in [-0.1, -0.05) is 20.8 Å². The van der Waals surface area contributed by atoms with Gasteiger partial charge in [0.1, 0.15) is 17.8 Å². The number of imide groups is 1. The first-order valence-corrected chi connectivity index (χ1v) is 10.1. The zero-order valence-corrected chi connectivity index (χ0v) is 17.9. The lowest BCUT2D eigenvalue weighted by atomic mass is 9.64. The predicted molar refractivity (Wildman–Crippen MR) is 108 cm³/mol. The molecule has 1 aromatic rings. The van der Waals surface area contributed by atoms with Crippen LogP contribution in [0.2, 0.25) is 0 Å². The highest BCUT2D eigenvalue weighted by Crippen LogP contribution is 2.46. The summed E-state index contributed by atoms with van der Waals surface area (Å²) in [6, 6.07) is 3.03. The van der Waals surface area contributed by atoms with Crippen molar-refractivity contribution >= 4 is 17.8 Å². The topological polar surface area (TPSA) is 94.9 Å². The van der Waals surface area contributed by atoms with Crippen LogP contribution in [0.15, 0.2) is 22.8 Å². The molecule has 8 heteroatoms. The Balaban J connectivity index is 1.63. The second-order valence-corrected chi connectivity index (χ2v) is 9.56. The number of likely N-dealkylation sites (N-methyl/N-ethyl adjacent to an activating group) is 1. The molecule has 29 heavy (non-hydrogen) atoms. The maximum atomic E-state index is 13.1. The number of rotatable bonds is 6. The summed E-state index contributed by atoms with van der Waals surface area (Å²) in [4.78, 5) is 41.2. The van der Waals surface area contributed by atoms with Gasteiger partial charge in [-0.15, -0.1) is 0 Å². The molecule has 2 aliphatic rings. The molecule has 2 heterocycles. The zero-order valence-electron chi connectivity index (χ0n) is 17.9. The highest BCUT2D eigenvalue weighted by molar-refractivity contribution is 6.09. The van der Waals surface area contributed by atoms with Gasteiger partial charge in [-0.2, -0.15) is 0 Å². The van der Waals surface area contributed by atoms with Crippen LogP contribution in [-0.4, -0.2) is 60.4 Å². The van der Waals surface area contributed by atoms with Crippen LogP contribution in [0.25, 0.3) is 0 Å². The van der Waals surface area contributed by atoms with Crippen molar-refractivity contribution in [1.82, 2.24) is 20.4 Å². The van der Waals surface area contributed by atoms with E-state index in [0.29, 0.717) is 25.3 Å². The number of urea groups is 1. The fraction of sp³-hybridized carbons (Fsp3) is 0.667. The van der Waals surface area contributed by atoms with Crippen molar-refractivity contribution in [3.63, 3.8) is 0 Å². The van der Waals surface area contributed by atoms with E-state index in [1.165, 1.54) is 0 Å². The van der Waals surface area contributed by atoms with Gasteiger partial charge in [-0.25, -0.2) is 4.79 Å². The fourth-order valence-corrected chi connectivity index (χ4v) is 5.08. The molecule has 2 N–H and O–H groups in total. The van der Waals surface area contributed by atoms with Gasteiger partial charge in [0.15, 0.2) is 0 Å². The van der Waals surface area contributed by atoms with Crippen molar-refractivity contribution in [3.05, 3.63) is 24.2 Å². The Morgan fingerprint density at radius 3 is 2.69 bits per heavy atom. The molecular weight excluding hydrogens is 372 g/mol. The van der Waals surface area contributed by atoms with E-state index in [4.69, 9.17) is 4.42 Å². The Labute approximate surface area is 172 Å². The summed E-state index contributed by atoms with van der Waals surface area (Å²) in [5.74, 6) is 0.410. The number of furan rings is 1. The molecular formula is C21H32N4O4. The maximum absolute atomic E-state index is 13.1. The van der Waals surface area contributed by atoms with E-state index in [-0.39, 0.29) is 29.8 Å². The monoisotopic (exact) mass is 404 g/mol. The standard InChI is InChI=1S/C21H32N4O4/c1-14-9-20(2,3)13-21(10-14)18(27)25(19(28)23-21)12-17(26)22-11-15(24(4)5)16-7-6-8-29-16/h6-8,14-15H,9-13H2,1-5H3,(H,22,26)(H,23,28). The van der Waals surface area contributed by atoms with Crippen molar-refractivity contribution in [1.29, 1.82) is 0 Å². The highest BCUT2D eigenvalue weighted by atomic mass is 16.3. The summed E-state index contributed by atoms with van der Waals surface area (Å²) < 4.78 is 5.44. The first kappa shape index (κ1) is 21.4. The number of amides is 4. The van der Waals surface area contributed by atoms with Crippen molar-refractivity contribution in [2.45, 2.75) is 51.6 Å². The molecule has 1 saturated carbocycles. The van der Waals surface area contributed by atoms with Gasteiger partial charge in [0, 0.05) is 6.54 Å². The van der Waals surface area contributed by atoms with Gasteiger partial charge in [-0.3, -0.25) is 19.4 Å². The van der Waals surface area contributed by atoms with Crippen LogP contribution in [0.4, 0.5) is 4.79 Å². The number of hydrogen-bond donors (Lipinski definition) is 2. The Hall–Kier alpha value is -2.35. The lowest BCUT2D eigenvalue weighted by Gasteiger charge is -2.43. The number of carbonyl (C=O) groups is 3. The minimum atomic E-state index is -0.890. The van der Waals surface area contributed by atoms with Gasteiger partial charge in [0.25, 0.3) is 5.91 Å². The van der Waals surface area contributed by atoms with E-state index in [0.717, 1.165) is 17.1 Å². The van der Waals surface area contributed by atoms with Crippen LogP contribution >= 0.6 is 0 Å². The quantitative estimate of drug-likeness (QED) is 0.709. The molecule has 1 aliphatic heterocycles. The third-order valence-corrected chi connectivity index (χ3v) is 5.91. The molecule has 1 saturated heterocycles. The van der Waals surface area contributed by atoms with E-state index in [1.54, 1.807) is 12.3 Å². The predicted octanol–water partition coefficient (Wildman–Crippen LogP) is 2.14. The highest BCUT2D eigenvalue weighted by Gasteiger charge is 2.56. The molecule has 0 radical (unpaired) electrons. The second-order valence-electron chi connectivity index (χ2n) is 9.56. The van der Waals surface area contributed by atoms with E-state index in [2.05, 4.69) is 31.4 Å². The third kappa shape index (κ3) is 4.47. The zero-order chi connectivity index (χ0) is 21.4. The first-order chi connectivity index (χ1) is 13.5. The minimum absolute atomic E-state index is 0.0408. The molecule has 3 unspecified atom stereocenters. The van der Waals surface area contributed by atoms with Crippen LogP contribution < -0.4 is 10.6 Å². The summed E-state index contributed by atoms with van der Waals surface area (Å²) >= 11 is 0. The average molecular weight is 405 g/mol. The third-order valence-electron chi connectivity index (χ3n) is 5.91. The number of nitrogens with one attached hydrogen (secondary N) is 2. The molecule has 4 amide bonds. The Morgan fingerprint density at radius 1 is 1.38 bits per heavy atom. The summed E-state index contributed by atoms with van der Waals surface area (Å²) in [7, 11) is 3.79. The van der Waals surface area contributed by atoms with Crippen molar-refractivity contribution in [2.24, 2.45) is 11.3 Å². The second kappa shape index (κ2) is 7.82. The lowest BCUT2D eigenvalue weighted by molar-refractivity contribution is -0.137. The summed E-state index contributed by atoms with van der Waals surface area (Å²) in [6.45, 7) is 6.38.